The standard InChI is InChI=1S/C21H31N3O4/c25-19(24(16-20(26)27)18-12-6-2-7-13-18)14-8-3-9-15-22-21(28)23-17-10-4-1-5-11-17/h2,6-7,12-13,17H,1,3-5,8-11,14-16H2,(H,26,27)(H2,22,23,28). The van der Waals surface area contributed by atoms with Gasteiger partial charge in [-0.15, -0.1) is 0 Å². The van der Waals surface area contributed by atoms with Gasteiger partial charge in [0.05, 0.1) is 0 Å². The van der Waals surface area contributed by atoms with Gasteiger partial charge < -0.3 is 20.6 Å². The van der Waals surface area contributed by atoms with Crippen molar-refractivity contribution in [2.24, 2.45) is 0 Å². The first-order chi connectivity index (χ1) is 13.6. The highest BCUT2D eigenvalue weighted by molar-refractivity contribution is 5.97. The lowest BCUT2D eigenvalue weighted by molar-refractivity contribution is -0.136. The van der Waals surface area contributed by atoms with Crippen LogP contribution in [-0.4, -0.2) is 42.1 Å². The largest absolute Gasteiger partial charge is 0.480 e. The summed E-state index contributed by atoms with van der Waals surface area (Å²) in [5.41, 5.74) is 0.593. The van der Waals surface area contributed by atoms with E-state index in [-0.39, 0.29) is 24.9 Å². The fraction of sp³-hybridized carbons (Fsp3) is 0.571. The molecular weight excluding hydrogens is 358 g/mol. The Labute approximate surface area is 166 Å². The molecule has 7 heteroatoms. The number of nitrogens with one attached hydrogen (secondary N) is 2. The van der Waals surface area contributed by atoms with Crippen molar-refractivity contribution in [2.45, 2.75) is 63.8 Å². The molecular formula is C21H31N3O4. The predicted molar refractivity (Wildman–Crippen MR) is 108 cm³/mol. The number of carbonyl (C=O) groups is 3. The van der Waals surface area contributed by atoms with E-state index in [0.29, 0.717) is 24.7 Å². The van der Waals surface area contributed by atoms with Crippen LogP contribution < -0.4 is 15.5 Å². The van der Waals surface area contributed by atoms with Crippen LogP contribution in [0.25, 0.3) is 0 Å². The molecule has 1 saturated carbocycles. The van der Waals surface area contributed by atoms with Crippen LogP contribution in [0, 0.1) is 0 Å². The fourth-order valence-corrected chi connectivity index (χ4v) is 3.46. The van der Waals surface area contributed by atoms with Gasteiger partial charge in [-0.3, -0.25) is 9.59 Å². The number of hydrogen-bond donors (Lipinski definition) is 3. The second-order valence-corrected chi connectivity index (χ2v) is 7.26. The zero-order valence-corrected chi connectivity index (χ0v) is 16.4. The van der Waals surface area contributed by atoms with Crippen LogP contribution in [0.15, 0.2) is 30.3 Å². The molecule has 3 N–H and O–H groups in total. The lowest BCUT2D eigenvalue weighted by Gasteiger charge is -2.22. The van der Waals surface area contributed by atoms with E-state index in [2.05, 4.69) is 10.6 Å². The van der Waals surface area contributed by atoms with Gasteiger partial charge >= 0.3 is 12.0 Å². The molecule has 1 aliphatic carbocycles. The topological polar surface area (TPSA) is 98.7 Å². The molecule has 0 bridgehead atoms. The molecule has 154 valence electrons. The molecule has 1 aromatic rings. The number of unbranched alkanes of at least 4 members (excludes halogenated alkanes) is 2. The van der Waals surface area contributed by atoms with Crippen molar-refractivity contribution in [3.63, 3.8) is 0 Å². The summed E-state index contributed by atoms with van der Waals surface area (Å²) in [6.07, 6.45) is 8.27. The third kappa shape index (κ3) is 7.98. The zero-order chi connectivity index (χ0) is 20.2. The summed E-state index contributed by atoms with van der Waals surface area (Å²) in [6.45, 7) is 0.232. The highest BCUT2D eigenvalue weighted by atomic mass is 16.4. The van der Waals surface area contributed by atoms with Crippen molar-refractivity contribution < 1.29 is 19.5 Å². The Morgan fingerprint density at radius 2 is 1.71 bits per heavy atom. The van der Waals surface area contributed by atoms with Gasteiger partial charge in [-0.25, -0.2) is 4.79 Å². The zero-order valence-electron chi connectivity index (χ0n) is 16.4. The van der Waals surface area contributed by atoms with Crippen LogP contribution in [0.2, 0.25) is 0 Å². The van der Waals surface area contributed by atoms with E-state index in [1.807, 2.05) is 6.07 Å². The highest BCUT2D eigenvalue weighted by Crippen LogP contribution is 2.17. The first-order valence-corrected chi connectivity index (χ1v) is 10.2. The number of benzene rings is 1. The number of carboxylic acids is 1. The van der Waals surface area contributed by atoms with Crippen LogP contribution in [0.5, 0.6) is 0 Å². The lowest BCUT2D eigenvalue weighted by Crippen LogP contribution is -2.43. The van der Waals surface area contributed by atoms with E-state index < -0.39 is 5.97 Å². The van der Waals surface area contributed by atoms with E-state index >= 15 is 0 Å². The molecule has 1 aliphatic rings. The van der Waals surface area contributed by atoms with Crippen molar-refractivity contribution in [1.82, 2.24) is 10.6 Å². The van der Waals surface area contributed by atoms with Crippen molar-refractivity contribution in [3.05, 3.63) is 30.3 Å². The SMILES string of the molecule is O=C(O)CN(C(=O)CCCCCNC(=O)NC1CCCCC1)c1ccccc1. The molecule has 3 amide bonds. The predicted octanol–water partition coefficient (Wildman–Crippen LogP) is 3.30. The number of rotatable bonds is 10. The molecule has 0 aliphatic heterocycles. The molecule has 1 aromatic carbocycles. The monoisotopic (exact) mass is 389 g/mol. The number of anilines is 1. The van der Waals surface area contributed by atoms with Crippen LogP contribution in [-0.2, 0) is 9.59 Å². The maximum absolute atomic E-state index is 12.4. The minimum absolute atomic E-state index is 0.111. The number of nitrogens with zero attached hydrogens (tertiary/aromatic N) is 1. The van der Waals surface area contributed by atoms with E-state index in [4.69, 9.17) is 5.11 Å². The Hall–Kier alpha value is -2.57. The van der Waals surface area contributed by atoms with Crippen molar-refractivity contribution in [2.75, 3.05) is 18.0 Å². The fourth-order valence-electron chi connectivity index (χ4n) is 3.46. The summed E-state index contributed by atoms with van der Waals surface area (Å²) < 4.78 is 0. The Morgan fingerprint density at radius 1 is 1.00 bits per heavy atom. The Balaban J connectivity index is 1.62. The van der Waals surface area contributed by atoms with Gasteiger partial charge in [-0.1, -0.05) is 43.9 Å². The van der Waals surface area contributed by atoms with Crippen molar-refractivity contribution in [1.29, 1.82) is 0 Å². The molecule has 0 spiro atoms. The number of aliphatic carboxylic acids is 1. The number of amides is 3. The Bertz CT molecular complexity index is 630. The number of urea groups is 1. The number of carbonyl (C=O) groups excluding carboxylic acids is 2. The van der Waals surface area contributed by atoms with Gasteiger partial charge in [0.1, 0.15) is 6.54 Å². The summed E-state index contributed by atoms with van der Waals surface area (Å²) in [5, 5.41) is 14.9. The molecule has 0 heterocycles. The summed E-state index contributed by atoms with van der Waals surface area (Å²) in [6, 6.07) is 9.03. The minimum Gasteiger partial charge on any atom is -0.480 e. The molecule has 0 unspecified atom stereocenters. The van der Waals surface area contributed by atoms with Crippen LogP contribution >= 0.6 is 0 Å². The third-order valence-electron chi connectivity index (χ3n) is 4.96. The van der Waals surface area contributed by atoms with Gasteiger partial charge in [0.2, 0.25) is 5.91 Å². The number of carboxylic acid groups (broad SMARTS) is 1. The molecule has 0 saturated heterocycles. The van der Waals surface area contributed by atoms with Gasteiger partial charge in [0.15, 0.2) is 0 Å². The van der Waals surface area contributed by atoms with Crippen molar-refractivity contribution >= 4 is 23.6 Å². The van der Waals surface area contributed by atoms with E-state index in [1.54, 1.807) is 24.3 Å². The Morgan fingerprint density at radius 3 is 2.39 bits per heavy atom. The summed E-state index contributed by atoms with van der Waals surface area (Å²) in [5.74, 6) is -1.23. The summed E-state index contributed by atoms with van der Waals surface area (Å²) in [7, 11) is 0. The van der Waals surface area contributed by atoms with Gasteiger partial charge in [-0.2, -0.15) is 0 Å². The second-order valence-electron chi connectivity index (χ2n) is 7.26. The number of hydrogen-bond acceptors (Lipinski definition) is 3. The molecule has 0 atom stereocenters. The van der Waals surface area contributed by atoms with Crippen LogP contribution in [0.1, 0.15) is 57.8 Å². The van der Waals surface area contributed by atoms with Crippen LogP contribution in [0.4, 0.5) is 10.5 Å². The summed E-state index contributed by atoms with van der Waals surface area (Å²) in [4.78, 5) is 36.7. The average molecular weight is 389 g/mol. The minimum atomic E-state index is -1.04. The van der Waals surface area contributed by atoms with Gasteiger partial charge in [0, 0.05) is 24.7 Å². The first kappa shape index (κ1) is 21.7. The average Bonchev–Trinajstić information content (AvgIpc) is 2.70. The Kier molecular flexibility index (Phi) is 9.31. The molecule has 0 radical (unpaired) electrons. The first-order valence-electron chi connectivity index (χ1n) is 10.2. The van der Waals surface area contributed by atoms with Crippen molar-refractivity contribution in [3.8, 4) is 0 Å². The van der Waals surface area contributed by atoms with E-state index in [9.17, 15) is 14.4 Å². The highest BCUT2D eigenvalue weighted by Gasteiger charge is 2.18. The van der Waals surface area contributed by atoms with Gasteiger partial charge in [-0.05, 0) is 37.8 Å². The van der Waals surface area contributed by atoms with E-state index in [0.717, 1.165) is 25.7 Å². The maximum atomic E-state index is 12.4. The van der Waals surface area contributed by atoms with Crippen LogP contribution in [0.3, 0.4) is 0 Å². The number of para-hydroxylation sites is 1. The molecule has 0 aromatic heterocycles. The molecule has 1 fully saturated rings. The molecule has 28 heavy (non-hydrogen) atoms. The second kappa shape index (κ2) is 12.0. The van der Waals surface area contributed by atoms with Gasteiger partial charge in [0.25, 0.3) is 0 Å². The maximum Gasteiger partial charge on any atom is 0.323 e. The third-order valence-corrected chi connectivity index (χ3v) is 4.96. The lowest BCUT2D eigenvalue weighted by atomic mass is 9.96. The molecule has 7 nitrogen and oxygen atoms in total. The normalized spacial score (nSPS) is 14.3. The quantitative estimate of drug-likeness (QED) is 0.535. The summed E-state index contributed by atoms with van der Waals surface area (Å²) >= 11 is 0. The smallest absolute Gasteiger partial charge is 0.323 e. The molecule has 2 rings (SSSR count). The van der Waals surface area contributed by atoms with E-state index in [1.165, 1.54) is 24.2 Å².